The van der Waals surface area contributed by atoms with Crippen molar-refractivity contribution in [2.45, 2.75) is 26.7 Å². The van der Waals surface area contributed by atoms with E-state index in [-0.39, 0.29) is 18.4 Å². The second-order valence-electron chi connectivity index (χ2n) is 4.69. The first-order chi connectivity index (χ1) is 8.11. The van der Waals surface area contributed by atoms with Crippen LogP contribution in [0.1, 0.15) is 26.7 Å². The van der Waals surface area contributed by atoms with Gasteiger partial charge in [0.15, 0.2) is 0 Å². The molecule has 5 heteroatoms. The van der Waals surface area contributed by atoms with E-state index in [9.17, 15) is 9.59 Å². The Labute approximate surface area is 103 Å². The molecule has 1 saturated heterocycles. The first kappa shape index (κ1) is 14.0. The van der Waals surface area contributed by atoms with E-state index in [0.29, 0.717) is 13.1 Å². The molecule has 1 rings (SSSR count). The normalized spacial score (nSPS) is 17.8. The van der Waals surface area contributed by atoms with Gasteiger partial charge in [0.05, 0.1) is 13.1 Å². The topological polar surface area (TPSA) is 61.4 Å². The molecule has 0 saturated carbocycles. The van der Waals surface area contributed by atoms with Crippen molar-refractivity contribution >= 4 is 11.8 Å². The van der Waals surface area contributed by atoms with Crippen LogP contribution in [0.15, 0.2) is 0 Å². The van der Waals surface area contributed by atoms with Gasteiger partial charge in [-0.25, -0.2) is 0 Å². The third kappa shape index (κ3) is 5.68. The largest absolute Gasteiger partial charge is 0.355 e. The molecule has 1 heterocycles. The summed E-state index contributed by atoms with van der Waals surface area (Å²) in [6.07, 6.45) is 2.31. The zero-order valence-corrected chi connectivity index (χ0v) is 10.8. The zero-order valence-electron chi connectivity index (χ0n) is 10.8. The van der Waals surface area contributed by atoms with E-state index in [0.717, 1.165) is 31.8 Å². The molecule has 0 atom stereocenters. The summed E-state index contributed by atoms with van der Waals surface area (Å²) in [4.78, 5) is 24.9. The van der Waals surface area contributed by atoms with Gasteiger partial charge in [0.1, 0.15) is 0 Å². The number of hydrogen-bond acceptors (Lipinski definition) is 3. The Hall–Kier alpha value is -1.10. The number of carbonyl (C=O) groups excluding carboxylic acids is 2. The molecular formula is C12H23N3O2. The van der Waals surface area contributed by atoms with Crippen molar-refractivity contribution in [2.24, 2.45) is 5.92 Å². The fourth-order valence-corrected chi connectivity index (χ4v) is 1.92. The molecule has 2 N–H and O–H groups in total. The Balaban J connectivity index is 2.14. The number of hydrogen-bond donors (Lipinski definition) is 2. The Morgan fingerprint density at radius 1 is 1.18 bits per heavy atom. The minimum absolute atomic E-state index is 0.0641. The molecule has 0 spiro atoms. The van der Waals surface area contributed by atoms with Crippen molar-refractivity contribution < 1.29 is 9.59 Å². The van der Waals surface area contributed by atoms with E-state index in [1.54, 1.807) is 0 Å². The lowest BCUT2D eigenvalue weighted by atomic mass is 9.99. The molecule has 0 aromatic heterocycles. The van der Waals surface area contributed by atoms with Crippen molar-refractivity contribution in [1.82, 2.24) is 15.5 Å². The summed E-state index contributed by atoms with van der Waals surface area (Å²) in [6, 6.07) is 0. The number of likely N-dealkylation sites (N-methyl/N-ethyl adjacent to an activating group) is 1. The van der Waals surface area contributed by atoms with E-state index >= 15 is 0 Å². The standard InChI is InChI=1S/C12H23N3O2/c1-3-13-11(16)8-14-12(17)9-15-6-4-10(2)5-7-15/h10H,3-9H2,1-2H3,(H,13,16)(H,14,17). The fraction of sp³-hybridized carbons (Fsp3) is 0.833. The Kier molecular flexibility index (Phi) is 5.97. The molecule has 1 aliphatic rings. The number of piperidine rings is 1. The van der Waals surface area contributed by atoms with E-state index in [4.69, 9.17) is 0 Å². The summed E-state index contributed by atoms with van der Waals surface area (Å²) in [5, 5.41) is 5.28. The van der Waals surface area contributed by atoms with Gasteiger partial charge in [-0.2, -0.15) is 0 Å². The molecule has 0 aliphatic carbocycles. The zero-order chi connectivity index (χ0) is 12.7. The number of amides is 2. The van der Waals surface area contributed by atoms with Gasteiger partial charge in [-0.15, -0.1) is 0 Å². The third-order valence-electron chi connectivity index (χ3n) is 3.06. The maximum absolute atomic E-state index is 11.6. The summed E-state index contributed by atoms with van der Waals surface area (Å²) in [5.74, 6) is 0.573. The maximum atomic E-state index is 11.6. The molecule has 0 radical (unpaired) electrons. The van der Waals surface area contributed by atoms with Crippen molar-refractivity contribution in [3.8, 4) is 0 Å². The highest BCUT2D eigenvalue weighted by Crippen LogP contribution is 2.15. The van der Waals surface area contributed by atoms with E-state index in [1.807, 2.05) is 6.92 Å². The van der Waals surface area contributed by atoms with Gasteiger partial charge in [-0.3, -0.25) is 14.5 Å². The predicted molar refractivity (Wildman–Crippen MR) is 66.5 cm³/mol. The van der Waals surface area contributed by atoms with Crippen molar-refractivity contribution in [3.63, 3.8) is 0 Å². The number of nitrogens with one attached hydrogen (secondary N) is 2. The summed E-state index contributed by atoms with van der Waals surface area (Å²) < 4.78 is 0. The van der Waals surface area contributed by atoms with Gasteiger partial charge in [-0.1, -0.05) is 6.92 Å². The first-order valence-corrected chi connectivity index (χ1v) is 6.37. The molecule has 0 aromatic rings. The van der Waals surface area contributed by atoms with E-state index in [2.05, 4.69) is 22.5 Å². The van der Waals surface area contributed by atoms with Crippen molar-refractivity contribution in [2.75, 3.05) is 32.7 Å². The Bertz CT molecular complexity index is 260. The predicted octanol–water partition coefficient (Wildman–Crippen LogP) is -0.0294. The second-order valence-corrected chi connectivity index (χ2v) is 4.69. The highest BCUT2D eigenvalue weighted by Gasteiger charge is 2.17. The Morgan fingerprint density at radius 3 is 2.41 bits per heavy atom. The van der Waals surface area contributed by atoms with Crippen molar-refractivity contribution in [3.05, 3.63) is 0 Å². The number of rotatable bonds is 5. The minimum Gasteiger partial charge on any atom is -0.355 e. The number of nitrogens with zero attached hydrogens (tertiary/aromatic N) is 1. The van der Waals surface area contributed by atoms with Gasteiger partial charge < -0.3 is 10.6 Å². The summed E-state index contributed by atoms with van der Waals surface area (Å²) in [5.41, 5.74) is 0. The van der Waals surface area contributed by atoms with Crippen LogP contribution in [0.25, 0.3) is 0 Å². The molecule has 17 heavy (non-hydrogen) atoms. The summed E-state index contributed by atoms with van der Waals surface area (Å²) in [6.45, 7) is 7.15. The summed E-state index contributed by atoms with van der Waals surface area (Å²) in [7, 11) is 0. The quantitative estimate of drug-likeness (QED) is 0.710. The first-order valence-electron chi connectivity index (χ1n) is 6.37. The molecular weight excluding hydrogens is 218 g/mol. The lowest BCUT2D eigenvalue weighted by molar-refractivity contribution is -0.126. The van der Waals surface area contributed by atoms with Crippen LogP contribution < -0.4 is 10.6 Å². The number of carbonyl (C=O) groups is 2. The van der Waals surface area contributed by atoms with Gasteiger partial charge in [-0.05, 0) is 38.8 Å². The van der Waals surface area contributed by atoms with Crippen LogP contribution in [0.5, 0.6) is 0 Å². The molecule has 5 nitrogen and oxygen atoms in total. The Morgan fingerprint density at radius 2 is 1.82 bits per heavy atom. The maximum Gasteiger partial charge on any atom is 0.239 e. The van der Waals surface area contributed by atoms with Crippen LogP contribution in [0.3, 0.4) is 0 Å². The molecule has 0 bridgehead atoms. The second kappa shape index (κ2) is 7.27. The van der Waals surface area contributed by atoms with Crippen LogP contribution in [0.4, 0.5) is 0 Å². The molecule has 1 fully saturated rings. The van der Waals surface area contributed by atoms with Gasteiger partial charge in [0.2, 0.25) is 11.8 Å². The average molecular weight is 241 g/mol. The van der Waals surface area contributed by atoms with Gasteiger partial charge in [0, 0.05) is 6.54 Å². The lowest BCUT2D eigenvalue weighted by Crippen LogP contribution is -2.44. The molecule has 2 amide bonds. The SMILES string of the molecule is CCNC(=O)CNC(=O)CN1CCC(C)CC1. The van der Waals surface area contributed by atoms with E-state index < -0.39 is 0 Å². The van der Waals surface area contributed by atoms with Crippen LogP contribution in [0.2, 0.25) is 0 Å². The molecule has 0 aromatic carbocycles. The summed E-state index contributed by atoms with van der Waals surface area (Å²) >= 11 is 0. The van der Waals surface area contributed by atoms with Gasteiger partial charge >= 0.3 is 0 Å². The monoisotopic (exact) mass is 241 g/mol. The number of likely N-dealkylation sites (tertiary alicyclic amines) is 1. The molecule has 1 aliphatic heterocycles. The van der Waals surface area contributed by atoms with Crippen LogP contribution >= 0.6 is 0 Å². The minimum atomic E-state index is -0.131. The average Bonchev–Trinajstić information content (AvgIpc) is 2.30. The molecule has 0 unspecified atom stereocenters. The van der Waals surface area contributed by atoms with Crippen LogP contribution in [0, 0.1) is 5.92 Å². The smallest absolute Gasteiger partial charge is 0.239 e. The van der Waals surface area contributed by atoms with Gasteiger partial charge in [0.25, 0.3) is 0 Å². The van der Waals surface area contributed by atoms with Crippen LogP contribution in [-0.4, -0.2) is 49.4 Å². The van der Waals surface area contributed by atoms with Crippen molar-refractivity contribution in [1.29, 1.82) is 0 Å². The third-order valence-corrected chi connectivity index (χ3v) is 3.06. The highest BCUT2D eigenvalue weighted by molar-refractivity contribution is 5.85. The van der Waals surface area contributed by atoms with E-state index in [1.165, 1.54) is 0 Å². The highest BCUT2D eigenvalue weighted by atomic mass is 16.2. The fourth-order valence-electron chi connectivity index (χ4n) is 1.92. The van der Waals surface area contributed by atoms with Crippen LogP contribution in [-0.2, 0) is 9.59 Å². The lowest BCUT2D eigenvalue weighted by Gasteiger charge is -2.29. The molecule has 98 valence electrons.